The molecule has 3 heterocycles. The average Bonchev–Trinajstić information content (AvgIpc) is 3.15. The fraction of sp³-hybridized carbons (Fsp3) is 0.421. The number of nitrogens with zero attached hydrogens (tertiary/aromatic N) is 3. The fourth-order valence-corrected chi connectivity index (χ4v) is 3.89. The molecule has 1 amide bonds. The largest absolute Gasteiger partial charge is 0.449 e. The van der Waals surface area contributed by atoms with E-state index in [4.69, 9.17) is 4.42 Å². The van der Waals surface area contributed by atoms with E-state index in [1.54, 1.807) is 29.4 Å². The zero-order valence-electron chi connectivity index (χ0n) is 15.5. The number of aryl methyl sites for hydroxylation is 2. The maximum Gasteiger partial charge on any atom is 0.289 e. The number of carbonyl (C=O) groups excluding carboxylic acids is 1. The molecule has 0 spiro atoms. The van der Waals surface area contributed by atoms with Crippen molar-refractivity contribution in [2.45, 2.75) is 46.6 Å². The molecule has 0 saturated carbocycles. The summed E-state index contributed by atoms with van der Waals surface area (Å²) in [6.45, 7) is 10.2. The zero-order valence-corrected chi connectivity index (χ0v) is 16.3. The Hall–Kier alpha value is -2.21. The maximum absolute atomic E-state index is 12.9. The molecule has 3 aromatic rings. The zero-order chi connectivity index (χ0) is 18.3. The molecule has 3 aromatic heterocycles. The Balaban J connectivity index is 1.87. The van der Waals surface area contributed by atoms with Crippen molar-refractivity contribution in [3.8, 4) is 0 Å². The van der Waals surface area contributed by atoms with Crippen molar-refractivity contribution >= 4 is 28.3 Å². The van der Waals surface area contributed by atoms with Gasteiger partial charge >= 0.3 is 0 Å². The van der Waals surface area contributed by atoms with Gasteiger partial charge < -0.3 is 9.32 Å². The minimum atomic E-state index is -0.151. The van der Waals surface area contributed by atoms with Gasteiger partial charge in [-0.15, -0.1) is 11.3 Å². The Morgan fingerprint density at radius 3 is 2.56 bits per heavy atom. The van der Waals surface area contributed by atoms with Crippen LogP contribution in [0.1, 0.15) is 64.6 Å². The van der Waals surface area contributed by atoms with Crippen molar-refractivity contribution in [1.82, 2.24) is 14.9 Å². The molecule has 0 bridgehead atoms. The van der Waals surface area contributed by atoms with E-state index in [2.05, 4.69) is 23.8 Å². The molecule has 0 fully saturated rings. The molecule has 132 valence electrons. The first-order valence-electron chi connectivity index (χ1n) is 8.39. The molecule has 25 heavy (non-hydrogen) atoms. The summed E-state index contributed by atoms with van der Waals surface area (Å²) in [5.41, 5.74) is 3.23. The normalized spacial score (nSPS) is 12.8. The summed E-state index contributed by atoms with van der Waals surface area (Å²) in [7, 11) is 1.80. The second-order valence-corrected chi connectivity index (χ2v) is 7.76. The first-order valence-corrected chi connectivity index (χ1v) is 9.21. The molecule has 0 aliphatic carbocycles. The molecule has 0 aliphatic rings. The number of thiazole rings is 1. The molecule has 1 atom stereocenters. The average molecular weight is 357 g/mol. The van der Waals surface area contributed by atoms with Crippen molar-refractivity contribution in [3.05, 3.63) is 45.2 Å². The van der Waals surface area contributed by atoms with Crippen LogP contribution in [0.3, 0.4) is 0 Å². The Morgan fingerprint density at radius 2 is 1.92 bits per heavy atom. The Morgan fingerprint density at radius 1 is 1.20 bits per heavy atom. The van der Waals surface area contributed by atoms with E-state index < -0.39 is 0 Å². The van der Waals surface area contributed by atoms with Gasteiger partial charge in [0.05, 0.1) is 16.7 Å². The minimum absolute atomic E-state index is 0.0691. The molecule has 5 nitrogen and oxygen atoms in total. The first-order chi connectivity index (χ1) is 11.8. The molecule has 1 unspecified atom stereocenters. The predicted octanol–water partition coefficient (Wildman–Crippen LogP) is 4.86. The highest BCUT2D eigenvalue weighted by Gasteiger charge is 2.25. The first kappa shape index (κ1) is 17.6. The molecule has 6 heteroatoms. The van der Waals surface area contributed by atoms with Crippen LogP contribution in [-0.4, -0.2) is 27.8 Å². The smallest absolute Gasteiger partial charge is 0.289 e. The number of rotatable bonds is 4. The van der Waals surface area contributed by atoms with Gasteiger partial charge in [-0.3, -0.25) is 4.79 Å². The number of hydrogen-bond acceptors (Lipinski definition) is 5. The van der Waals surface area contributed by atoms with Crippen LogP contribution in [0.4, 0.5) is 0 Å². The van der Waals surface area contributed by atoms with Crippen molar-refractivity contribution < 1.29 is 9.21 Å². The summed E-state index contributed by atoms with van der Waals surface area (Å²) in [5, 5.41) is 1.10. The molecule has 0 N–H and O–H groups in total. The van der Waals surface area contributed by atoms with E-state index in [0.717, 1.165) is 21.3 Å². The maximum atomic E-state index is 12.9. The highest BCUT2D eigenvalue weighted by molar-refractivity contribution is 7.11. The Bertz CT molecular complexity index is 926. The molecule has 0 aliphatic heterocycles. The number of aromatic nitrogens is 2. The van der Waals surface area contributed by atoms with E-state index in [1.807, 2.05) is 32.9 Å². The lowest BCUT2D eigenvalue weighted by Gasteiger charge is -2.23. The summed E-state index contributed by atoms with van der Waals surface area (Å²) in [4.78, 5) is 24.7. The van der Waals surface area contributed by atoms with Gasteiger partial charge in [0.1, 0.15) is 5.52 Å². The third-order valence-corrected chi connectivity index (χ3v) is 5.98. The van der Waals surface area contributed by atoms with Gasteiger partial charge in [-0.1, -0.05) is 13.8 Å². The minimum Gasteiger partial charge on any atom is -0.449 e. The highest BCUT2D eigenvalue weighted by Crippen LogP contribution is 2.32. The summed E-state index contributed by atoms with van der Waals surface area (Å²) in [5.74, 6) is 0.547. The number of amides is 1. The van der Waals surface area contributed by atoms with Crippen LogP contribution in [0, 0.1) is 13.8 Å². The standard InChI is InChI=1S/C19H23N3O2S/c1-10(2)18-21-12(4)17(25-18)13(5)22(6)19(23)16-9-14-15(24-16)8-7-11(3)20-14/h7-10,13H,1-6H3. The van der Waals surface area contributed by atoms with Crippen LogP contribution in [0.15, 0.2) is 22.6 Å². The van der Waals surface area contributed by atoms with Crippen molar-refractivity contribution in [2.24, 2.45) is 0 Å². The van der Waals surface area contributed by atoms with Crippen molar-refractivity contribution in [3.63, 3.8) is 0 Å². The second-order valence-electron chi connectivity index (χ2n) is 6.70. The lowest BCUT2D eigenvalue weighted by molar-refractivity contribution is 0.0714. The second kappa shape index (κ2) is 6.59. The third-order valence-electron chi connectivity index (χ3n) is 4.35. The molecular weight excluding hydrogens is 334 g/mol. The predicted molar refractivity (Wildman–Crippen MR) is 100 cm³/mol. The lowest BCUT2D eigenvalue weighted by Crippen LogP contribution is -2.29. The van der Waals surface area contributed by atoms with Crippen LogP contribution < -0.4 is 0 Å². The fourth-order valence-electron chi connectivity index (χ4n) is 2.72. The summed E-state index contributed by atoms with van der Waals surface area (Å²) < 4.78 is 5.70. The number of furan rings is 1. The number of carbonyl (C=O) groups is 1. The number of fused-ring (bicyclic) bond motifs is 1. The van der Waals surface area contributed by atoms with Crippen LogP contribution in [-0.2, 0) is 0 Å². The summed E-state index contributed by atoms with van der Waals surface area (Å²) >= 11 is 1.68. The van der Waals surface area contributed by atoms with Crippen LogP contribution in [0.5, 0.6) is 0 Å². The van der Waals surface area contributed by atoms with E-state index >= 15 is 0 Å². The van der Waals surface area contributed by atoms with Crippen LogP contribution in [0.2, 0.25) is 0 Å². The SMILES string of the molecule is Cc1ccc2oc(C(=O)N(C)C(C)c3sc(C(C)C)nc3C)cc2n1. The van der Waals surface area contributed by atoms with Gasteiger partial charge in [0.2, 0.25) is 0 Å². The number of pyridine rings is 1. The quantitative estimate of drug-likeness (QED) is 0.669. The van der Waals surface area contributed by atoms with Gasteiger partial charge in [-0.05, 0) is 32.9 Å². The van der Waals surface area contributed by atoms with E-state index in [9.17, 15) is 4.79 Å². The van der Waals surface area contributed by atoms with Crippen LogP contribution >= 0.6 is 11.3 Å². The monoisotopic (exact) mass is 357 g/mol. The van der Waals surface area contributed by atoms with Gasteiger partial charge in [0, 0.05) is 29.6 Å². The summed E-state index contributed by atoms with van der Waals surface area (Å²) in [6, 6.07) is 5.37. The van der Waals surface area contributed by atoms with Crippen LogP contribution in [0.25, 0.3) is 11.1 Å². The van der Waals surface area contributed by atoms with Gasteiger partial charge in [-0.2, -0.15) is 0 Å². The molecule has 0 saturated heterocycles. The van der Waals surface area contributed by atoms with Gasteiger partial charge in [0.15, 0.2) is 11.3 Å². The third kappa shape index (κ3) is 3.31. The molecule has 0 radical (unpaired) electrons. The van der Waals surface area contributed by atoms with Crippen molar-refractivity contribution in [1.29, 1.82) is 0 Å². The molecular formula is C19H23N3O2S. The topological polar surface area (TPSA) is 59.2 Å². The Labute approximate surface area is 151 Å². The van der Waals surface area contributed by atoms with Gasteiger partial charge in [-0.25, -0.2) is 9.97 Å². The highest BCUT2D eigenvalue weighted by atomic mass is 32.1. The van der Waals surface area contributed by atoms with E-state index in [-0.39, 0.29) is 11.9 Å². The molecule has 0 aromatic carbocycles. The molecule has 3 rings (SSSR count). The number of hydrogen-bond donors (Lipinski definition) is 0. The lowest BCUT2D eigenvalue weighted by atomic mass is 10.2. The summed E-state index contributed by atoms with van der Waals surface area (Å²) in [6.07, 6.45) is 0. The van der Waals surface area contributed by atoms with Crippen molar-refractivity contribution in [2.75, 3.05) is 7.05 Å². The van der Waals surface area contributed by atoms with Gasteiger partial charge in [0.25, 0.3) is 5.91 Å². The van der Waals surface area contributed by atoms with E-state index in [1.165, 1.54) is 0 Å². The van der Waals surface area contributed by atoms with E-state index in [0.29, 0.717) is 22.8 Å². The Kier molecular flexibility index (Phi) is 4.64.